The summed E-state index contributed by atoms with van der Waals surface area (Å²) in [6, 6.07) is 4.67. The fourth-order valence-corrected chi connectivity index (χ4v) is 1.79. The number of hydrogen-bond donors (Lipinski definition) is 1. The summed E-state index contributed by atoms with van der Waals surface area (Å²) in [6.07, 6.45) is 0. The van der Waals surface area contributed by atoms with Crippen molar-refractivity contribution in [1.82, 2.24) is 5.32 Å². The lowest BCUT2D eigenvalue weighted by atomic mass is 10.2. The van der Waals surface area contributed by atoms with Crippen LogP contribution in [0.2, 0.25) is 0 Å². The minimum absolute atomic E-state index is 0.100. The number of methoxy groups -OCH3 is 1. The molecule has 0 saturated carbocycles. The lowest BCUT2D eigenvalue weighted by Gasteiger charge is -2.09. The standard InChI is InChI=1S/C11H13F4NOS/c1-17-9-4-2-3-8(10(9)12)7-16-5-6-18-11(13,14)15/h2-4,16H,5-7H2,1H3. The van der Waals surface area contributed by atoms with Crippen LogP contribution in [0.5, 0.6) is 5.75 Å². The Balaban J connectivity index is 2.36. The molecule has 1 aromatic carbocycles. The van der Waals surface area contributed by atoms with Gasteiger partial charge in [0.2, 0.25) is 0 Å². The zero-order valence-corrected chi connectivity index (χ0v) is 10.5. The second kappa shape index (κ2) is 6.84. The second-order valence-corrected chi connectivity index (χ2v) is 4.56. The summed E-state index contributed by atoms with van der Waals surface area (Å²) in [4.78, 5) is 0. The van der Waals surface area contributed by atoms with Gasteiger partial charge < -0.3 is 10.1 Å². The molecule has 0 spiro atoms. The summed E-state index contributed by atoms with van der Waals surface area (Å²) in [5.74, 6) is -0.468. The maximum absolute atomic E-state index is 13.6. The van der Waals surface area contributed by atoms with Crippen molar-refractivity contribution < 1.29 is 22.3 Å². The first-order chi connectivity index (χ1) is 8.44. The van der Waals surface area contributed by atoms with Gasteiger partial charge in [0.15, 0.2) is 11.6 Å². The number of nitrogens with one attached hydrogen (secondary N) is 1. The summed E-state index contributed by atoms with van der Waals surface area (Å²) < 4.78 is 53.9. The van der Waals surface area contributed by atoms with Gasteiger partial charge in [-0.25, -0.2) is 4.39 Å². The second-order valence-electron chi connectivity index (χ2n) is 3.40. The number of halogens is 4. The van der Waals surface area contributed by atoms with Crippen molar-refractivity contribution in [2.75, 3.05) is 19.4 Å². The minimum Gasteiger partial charge on any atom is -0.494 e. The van der Waals surface area contributed by atoms with Crippen molar-refractivity contribution in [2.45, 2.75) is 12.1 Å². The maximum atomic E-state index is 13.6. The Morgan fingerprint density at radius 2 is 2.06 bits per heavy atom. The van der Waals surface area contributed by atoms with E-state index < -0.39 is 11.3 Å². The molecule has 0 bridgehead atoms. The minimum atomic E-state index is -4.22. The van der Waals surface area contributed by atoms with Gasteiger partial charge in [-0.3, -0.25) is 0 Å². The molecule has 0 aliphatic heterocycles. The highest BCUT2D eigenvalue weighted by Gasteiger charge is 2.27. The Labute approximate surface area is 107 Å². The van der Waals surface area contributed by atoms with Gasteiger partial charge in [-0.1, -0.05) is 12.1 Å². The molecule has 0 aliphatic carbocycles. The molecular weight excluding hydrogens is 270 g/mol. The average Bonchev–Trinajstić information content (AvgIpc) is 2.29. The molecule has 18 heavy (non-hydrogen) atoms. The van der Waals surface area contributed by atoms with Crippen LogP contribution in [0.15, 0.2) is 18.2 Å². The molecule has 2 nitrogen and oxygen atoms in total. The molecule has 1 rings (SSSR count). The molecule has 0 amide bonds. The molecule has 0 fully saturated rings. The summed E-state index contributed by atoms with van der Waals surface area (Å²) in [6.45, 7) is 0.322. The van der Waals surface area contributed by atoms with Crippen LogP contribution in [0, 0.1) is 5.82 Å². The third-order valence-corrected chi connectivity index (χ3v) is 2.86. The zero-order chi connectivity index (χ0) is 13.6. The first-order valence-corrected chi connectivity index (χ1v) is 6.15. The van der Waals surface area contributed by atoms with E-state index in [4.69, 9.17) is 4.74 Å². The Hall–Kier alpha value is -0.950. The number of rotatable bonds is 6. The van der Waals surface area contributed by atoms with Crippen LogP contribution in [-0.4, -0.2) is 24.9 Å². The molecule has 0 aromatic heterocycles. The quantitative estimate of drug-likeness (QED) is 0.640. The van der Waals surface area contributed by atoms with Crippen molar-refractivity contribution in [3.05, 3.63) is 29.6 Å². The summed E-state index contributed by atoms with van der Waals surface area (Å²) in [5.41, 5.74) is -3.85. The maximum Gasteiger partial charge on any atom is 0.441 e. The zero-order valence-electron chi connectivity index (χ0n) is 9.68. The molecule has 1 N–H and O–H groups in total. The molecule has 0 saturated heterocycles. The van der Waals surface area contributed by atoms with E-state index in [1.165, 1.54) is 13.2 Å². The van der Waals surface area contributed by atoms with Gasteiger partial charge in [0.25, 0.3) is 0 Å². The van der Waals surface area contributed by atoms with Gasteiger partial charge in [0, 0.05) is 24.4 Å². The number of thioether (sulfide) groups is 1. The van der Waals surface area contributed by atoms with Gasteiger partial charge >= 0.3 is 5.51 Å². The Bertz CT molecular complexity index is 384. The van der Waals surface area contributed by atoms with Crippen LogP contribution in [0.4, 0.5) is 17.6 Å². The molecule has 0 heterocycles. The third-order valence-electron chi connectivity index (χ3n) is 2.12. The third kappa shape index (κ3) is 5.14. The lowest BCUT2D eigenvalue weighted by molar-refractivity contribution is -0.0327. The first-order valence-electron chi connectivity index (χ1n) is 5.17. The predicted octanol–water partition coefficient (Wildman–Crippen LogP) is 3.18. The highest BCUT2D eigenvalue weighted by atomic mass is 32.2. The summed E-state index contributed by atoms with van der Waals surface area (Å²) >= 11 is -0.100. The molecule has 0 aliphatic rings. The Kier molecular flexibility index (Phi) is 5.74. The smallest absolute Gasteiger partial charge is 0.441 e. The number of ether oxygens (including phenoxy) is 1. The van der Waals surface area contributed by atoms with Gasteiger partial charge in [-0.05, 0) is 17.8 Å². The fourth-order valence-electron chi connectivity index (χ4n) is 1.31. The molecule has 1 aromatic rings. The van der Waals surface area contributed by atoms with E-state index in [-0.39, 0.29) is 36.4 Å². The van der Waals surface area contributed by atoms with Crippen LogP contribution < -0.4 is 10.1 Å². The van der Waals surface area contributed by atoms with E-state index in [2.05, 4.69) is 5.32 Å². The van der Waals surface area contributed by atoms with E-state index in [0.29, 0.717) is 5.56 Å². The van der Waals surface area contributed by atoms with Crippen molar-refractivity contribution in [1.29, 1.82) is 0 Å². The fraction of sp³-hybridized carbons (Fsp3) is 0.455. The largest absolute Gasteiger partial charge is 0.494 e. The van der Waals surface area contributed by atoms with Crippen LogP contribution in [0.3, 0.4) is 0 Å². The number of benzene rings is 1. The SMILES string of the molecule is COc1cccc(CNCCSC(F)(F)F)c1F. The first kappa shape index (κ1) is 15.1. The molecule has 102 valence electrons. The predicted molar refractivity (Wildman–Crippen MR) is 63.2 cm³/mol. The normalized spacial score (nSPS) is 11.6. The highest BCUT2D eigenvalue weighted by Crippen LogP contribution is 2.29. The summed E-state index contributed by atoms with van der Waals surface area (Å²) in [5, 5.41) is 2.75. The van der Waals surface area contributed by atoms with E-state index >= 15 is 0 Å². The van der Waals surface area contributed by atoms with Gasteiger partial charge in [-0.2, -0.15) is 13.2 Å². The van der Waals surface area contributed by atoms with Crippen molar-refractivity contribution in [3.8, 4) is 5.75 Å². The molecule has 0 radical (unpaired) electrons. The van der Waals surface area contributed by atoms with Gasteiger partial charge in [0.05, 0.1) is 7.11 Å². The van der Waals surface area contributed by atoms with Crippen molar-refractivity contribution in [2.24, 2.45) is 0 Å². The Morgan fingerprint density at radius 3 is 2.67 bits per heavy atom. The highest BCUT2D eigenvalue weighted by molar-refractivity contribution is 8.00. The molecule has 0 atom stereocenters. The Morgan fingerprint density at radius 1 is 1.33 bits per heavy atom. The number of hydrogen-bond acceptors (Lipinski definition) is 3. The van der Waals surface area contributed by atoms with Crippen LogP contribution >= 0.6 is 11.8 Å². The topological polar surface area (TPSA) is 21.3 Å². The molecule has 0 unspecified atom stereocenters. The van der Waals surface area contributed by atoms with E-state index in [9.17, 15) is 17.6 Å². The lowest BCUT2D eigenvalue weighted by Crippen LogP contribution is -2.19. The van der Waals surface area contributed by atoms with Gasteiger partial charge in [0.1, 0.15) is 0 Å². The monoisotopic (exact) mass is 283 g/mol. The number of alkyl halides is 3. The van der Waals surface area contributed by atoms with Crippen molar-refractivity contribution in [3.63, 3.8) is 0 Å². The average molecular weight is 283 g/mol. The van der Waals surface area contributed by atoms with Crippen LogP contribution in [0.1, 0.15) is 5.56 Å². The van der Waals surface area contributed by atoms with Gasteiger partial charge in [-0.15, -0.1) is 0 Å². The van der Waals surface area contributed by atoms with Crippen molar-refractivity contribution >= 4 is 11.8 Å². The summed E-state index contributed by atoms with van der Waals surface area (Å²) in [7, 11) is 1.36. The van der Waals surface area contributed by atoms with Crippen LogP contribution in [-0.2, 0) is 6.54 Å². The van der Waals surface area contributed by atoms with E-state index in [1.807, 2.05) is 0 Å². The van der Waals surface area contributed by atoms with E-state index in [1.54, 1.807) is 12.1 Å². The van der Waals surface area contributed by atoms with E-state index in [0.717, 1.165) is 0 Å². The van der Waals surface area contributed by atoms with Crippen LogP contribution in [0.25, 0.3) is 0 Å². The molecular formula is C11H13F4NOS. The molecule has 7 heteroatoms.